The molecule has 0 saturated carbocycles. The minimum absolute atomic E-state index is 0.0744. The quantitative estimate of drug-likeness (QED) is 0.934. The van der Waals surface area contributed by atoms with E-state index in [2.05, 4.69) is 15.3 Å². The van der Waals surface area contributed by atoms with E-state index < -0.39 is 0 Å². The molecule has 2 heterocycles. The van der Waals surface area contributed by atoms with Crippen LogP contribution in [-0.4, -0.2) is 15.5 Å². The highest BCUT2D eigenvalue weighted by atomic mass is 19.1. The lowest BCUT2D eigenvalue weighted by Gasteiger charge is -2.21. The number of rotatable bonds is 4. The van der Waals surface area contributed by atoms with E-state index in [1.165, 1.54) is 6.07 Å². The molecular formula is C16H20FN3O. The first kappa shape index (κ1) is 15.4. The number of ether oxygens (including phenoxy) is 1. The second-order valence-electron chi connectivity index (χ2n) is 5.96. The van der Waals surface area contributed by atoms with E-state index in [1.807, 2.05) is 39.8 Å². The standard InChI is InChI=1S/C16H20FN3O/c1-11-5-6-14(10-18-11)21-15-12(7-13(17)9-19-15)8-20-16(2,3)4/h5-7,9-10,20H,8H2,1-4H3. The first-order valence-corrected chi connectivity index (χ1v) is 6.83. The summed E-state index contributed by atoms with van der Waals surface area (Å²) in [5.41, 5.74) is 1.50. The Hall–Kier alpha value is -2.01. The van der Waals surface area contributed by atoms with Gasteiger partial charge in [0, 0.05) is 23.3 Å². The molecule has 0 fully saturated rings. The Balaban J connectivity index is 2.20. The van der Waals surface area contributed by atoms with Crippen LogP contribution in [0.25, 0.3) is 0 Å². The topological polar surface area (TPSA) is 47.0 Å². The molecule has 0 aliphatic carbocycles. The third-order valence-corrected chi connectivity index (χ3v) is 2.80. The zero-order valence-corrected chi connectivity index (χ0v) is 12.8. The van der Waals surface area contributed by atoms with Gasteiger partial charge in [0.05, 0.1) is 12.4 Å². The van der Waals surface area contributed by atoms with Gasteiger partial charge < -0.3 is 10.1 Å². The van der Waals surface area contributed by atoms with Crippen LogP contribution in [0.1, 0.15) is 32.0 Å². The van der Waals surface area contributed by atoms with Crippen molar-refractivity contribution in [2.45, 2.75) is 39.8 Å². The van der Waals surface area contributed by atoms with Crippen molar-refractivity contribution in [3.63, 3.8) is 0 Å². The average Bonchev–Trinajstić information content (AvgIpc) is 2.40. The summed E-state index contributed by atoms with van der Waals surface area (Å²) in [5, 5.41) is 3.30. The molecule has 0 atom stereocenters. The predicted octanol–water partition coefficient (Wildman–Crippen LogP) is 3.60. The summed E-state index contributed by atoms with van der Waals surface area (Å²) >= 11 is 0. The summed E-state index contributed by atoms with van der Waals surface area (Å²) < 4.78 is 19.1. The van der Waals surface area contributed by atoms with Crippen molar-refractivity contribution >= 4 is 0 Å². The molecule has 0 saturated heterocycles. The first-order chi connectivity index (χ1) is 9.83. The Kier molecular flexibility index (Phi) is 4.53. The molecule has 2 aromatic heterocycles. The van der Waals surface area contributed by atoms with Gasteiger partial charge in [-0.05, 0) is 45.9 Å². The summed E-state index contributed by atoms with van der Waals surface area (Å²) in [6.07, 6.45) is 2.78. The highest BCUT2D eigenvalue weighted by Crippen LogP contribution is 2.23. The van der Waals surface area contributed by atoms with Crippen LogP contribution in [0.15, 0.2) is 30.6 Å². The van der Waals surface area contributed by atoms with Gasteiger partial charge in [-0.25, -0.2) is 9.37 Å². The van der Waals surface area contributed by atoms with Gasteiger partial charge in [-0.2, -0.15) is 0 Å². The SMILES string of the molecule is Cc1ccc(Oc2ncc(F)cc2CNC(C)(C)C)cn1. The molecule has 0 amide bonds. The Labute approximate surface area is 124 Å². The largest absolute Gasteiger partial charge is 0.437 e. The zero-order chi connectivity index (χ0) is 15.5. The Morgan fingerprint density at radius 3 is 2.57 bits per heavy atom. The normalized spacial score (nSPS) is 11.5. The molecular weight excluding hydrogens is 269 g/mol. The van der Waals surface area contributed by atoms with E-state index in [0.29, 0.717) is 23.7 Å². The zero-order valence-electron chi connectivity index (χ0n) is 12.8. The number of nitrogens with one attached hydrogen (secondary N) is 1. The van der Waals surface area contributed by atoms with Gasteiger partial charge in [-0.15, -0.1) is 0 Å². The molecule has 0 aromatic carbocycles. The second-order valence-corrected chi connectivity index (χ2v) is 5.96. The lowest BCUT2D eigenvalue weighted by Crippen LogP contribution is -2.35. The fourth-order valence-corrected chi connectivity index (χ4v) is 1.67. The minimum Gasteiger partial charge on any atom is -0.437 e. The molecule has 0 spiro atoms. The minimum atomic E-state index is -0.380. The van der Waals surface area contributed by atoms with E-state index in [-0.39, 0.29) is 11.4 Å². The number of nitrogens with zero attached hydrogens (tertiary/aromatic N) is 2. The maximum Gasteiger partial charge on any atom is 0.223 e. The van der Waals surface area contributed by atoms with Crippen molar-refractivity contribution in [1.82, 2.24) is 15.3 Å². The van der Waals surface area contributed by atoms with Crippen LogP contribution in [0.4, 0.5) is 4.39 Å². The molecule has 0 bridgehead atoms. The summed E-state index contributed by atoms with van der Waals surface area (Å²) in [5.74, 6) is 0.589. The van der Waals surface area contributed by atoms with E-state index >= 15 is 0 Å². The van der Waals surface area contributed by atoms with Crippen LogP contribution in [-0.2, 0) is 6.54 Å². The van der Waals surface area contributed by atoms with Gasteiger partial charge in [-0.1, -0.05) is 0 Å². The Morgan fingerprint density at radius 2 is 1.95 bits per heavy atom. The lowest BCUT2D eigenvalue weighted by atomic mass is 10.1. The first-order valence-electron chi connectivity index (χ1n) is 6.83. The molecule has 1 N–H and O–H groups in total. The second kappa shape index (κ2) is 6.18. The highest BCUT2D eigenvalue weighted by molar-refractivity contribution is 5.31. The fraction of sp³-hybridized carbons (Fsp3) is 0.375. The van der Waals surface area contributed by atoms with Gasteiger partial charge in [0.25, 0.3) is 0 Å². The summed E-state index contributed by atoms with van der Waals surface area (Å²) in [4.78, 5) is 8.20. The maximum absolute atomic E-state index is 13.4. The van der Waals surface area contributed by atoms with Crippen molar-refractivity contribution in [3.8, 4) is 11.6 Å². The predicted molar refractivity (Wildman–Crippen MR) is 79.8 cm³/mol. The van der Waals surface area contributed by atoms with E-state index in [4.69, 9.17) is 4.74 Å². The van der Waals surface area contributed by atoms with Crippen molar-refractivity contribution in [2.75, 3.05) is 0 Å². The Bertz CT molecular complexity index is 606. The van der Waals surface area contributed by atoms with Gasteiger partial charge >= 0.3 is 0 Å². The van der Waals surface area contributed by atoms with Crippen LogP contribution >= 0.6 is 0 Å². The van der Waals surface area contributed by atoms with E-state index in [0.717, 1.165) is 11.9 Å². The van der Waals surface area contributed by atoms with Crippen molar-refractivity contribution < 1.29 is 9.13 Å². The number of aromatic nitrogens is 2. The Morgan fingerprint density at radius 1 is 1.19 bits per heavy atom. The average molecular weight is 289 g/mol. The van der Waals surface area contributed by atoms with Gasteiger partial charge in [0.15, 0.2) is 0 Å². The maximum atomic E-state index is 13.4. The number of hydrogen-bond acceptors (Lipinski definition) is 4. The van der Waals surface area contributed by atoms with E-state index in [1.54, 1.807) is 6.20 Å². The lowest BCUT2D eigenvalue weighted by molar-refractivity contribution is 0.406. The molecule has 0 unspecified atom stereocenters. The molecule has 112 valence electrons. The molecule has 0 radical (unpaired) electrons. The molecule has 2 rings (SSSR count). The van der Waals surface area contributed by atoms with Gasteiger partial charge in [-0.3, -0.25) is 4.98 Å². The van der Waals surface area contributed by atoms with Crippen molar-refractivity contribution in [2.24, 2.45) is 0 Å². The molecule has 21 heavy (non-hydrogen) atoms. The third kappa shape index (κ3) is 4.79. The van der Waals surface area contributed by atoms with Crippen LogP contribution in [0.5, 0.6) is 11.6 Å². The van der Waals surface area contributed by atoms with Crippen LogP contribution in [0, 0.1) is 12.7 Å². The highest BCUT2D eigenvalue weighted by Gasteiger charge is 2.13. The molecule has 2 aromatic rings. The van der Waals surface area contributed by atoms with Crippen molar-refractivity contribution in [1.29, 1.82) is 0 Å². The molecule has 0 aliphatic heterocycles. The summed E-state index contributed by atoms with van der Waals surface area (Å²) in [6, 6.07) is 5.10. The number of pyridine rings is 2. The number of halogens is 1. The van der Waals surface area contributed by atoms with Gasteiger partial charge in [0.1, 0.15) is 11.6 Å². The molecule has 0 aliphatic rings. The smallest absolute Gasteiger partial charge is 0.223 e. The number of aryl methyl sites for hydroxylation is 1. The van der Waals surface area contributed by atoms with Crippen LogP contribution < -0.4 is 10.1 Å². The van der Waals surface area contributed by atoms with Gasteiger partial charge in [0.2, 0.25) is 5.88 Å². The number of hydrogen-bond donors (Lipinski definition) is 1. The summed E-state index contributed by atoms with van der Waals surface area (Å²) in [7, 11) is 0. The van der Waals surface area contributed by atoms with E-state index in [9.17, 15) is 4.39 Å². The molecule has 5 heteroatoms. The monoisotopic (exact) mass is 289 g/mol. The van der Waals surface area contributed by atoms with Crippen molar-refractivity contribution in [3.05, 3.63) is 47.7 Å². The van der Waals surface area contributed by atoms with Crippen LogP contribution in [0.3, 0.4) is 0 Å². The summed E-state index contributed by atoms with van der Waals surface area (Å²) in [6.45, 7) is 8.51. The fourth-order valence-electron chi connectivity index (χ4n) is 1.67. The third-order valence-electron chi connectivity index (χ3n) is 2.80. The molecule has 4 nitrogen and oxygen atoms in total. The van der Waals surface area contributed by atoms with Crippen LogP contribution in [0.2, 0.25) is 0 Å².